The Morgan fingerprint density at radius 3 is 2.47 bits per heavy atom. The van der Waals surface area contributed by atoms with E-state index in [-0.39, 0.29) is 19.2 Å². The van der Waals surface area contributed by atoms with Crippen LogP contribution in [0, 0.1) is 0 Å². The van der Waals surface area contributed by atoms with Crippen LogP contribution in [0.5, 0.6) is 11.5 Å². The van der Waals surface area contributed by atoms with Crippen molar-refractivity contribution in [1.82, 2.24) is 4.98 Å². The molecule has 0 bridgehead atoms. The second-order valence-corrected chi connectivity index (χ2v) is 9.00. The fourth-order valence-corrected chi connectivity index (χ4v) is 4.63. The summed E-state index contributed by atoms with van der Waals surface area (Å²) in [5.74, 6) is 1.14. The standard InChI is InChI=1S/C30H26ClNO4/c1-34-23-13-9-20(10-14-23)19-21-5-4-7-26-28(25-6-2-3-8-27(25)32-29(21)26)30(33)36-18-17-35-24-15-11-22(31)12-16-24/h2-3,6,8-16,19H,4-5,7,17-18H2,1H3. The minimum absolute atomic E-state index is 0.140. The predicted molar refractivity (Wildman–Crippen MR) is 143 cm³/mol. The number of halogens is 1. The molecule has 4 aromatic rings. The Balaban J connectivity index is 1.42. The van der Waals surface area contributed by atoms with Crippen molar-refractivity contribution in [2.45, 2.75) is 19.3 Å². The van der Waals surface area contributed by atoms with E-state index in [4.69, 9.17) is 30.8 Å². The molecule has 1 aromatic heterocycles. The van der Waals surface area contributed by atoms with Gasteiger partial charge in [0.2, 0.25) is 0 Å². The number of pyridine rings is 1. The maximum Gasteiger partial charge on any atom is 0.339 e. The average molecular weight is 500 g/mol. The molecule has 0 unspecified atom stereocenters. The maximum absolute atomic E-state index is 13.4. The normalized spacial score (nSPS) is 13.9. The maximum atomic E-state index is 13.4. The lowest BCUT2D eigenvalue weighted by molar-refractivity contribution is 0.0451. The fraction of sp³-hybridized carbons (Fsp3) is 0.200. The third-order valence-corrected chi connectivity index (χ3v) is 6.48. The van der Waals surface area contributed by atoms with Gasteiger partial charge in [-0.05, 0) is 84.5 Å². The van der Waals surface area contributed by atoms with E-state index in [2.05, 4.69) is 6.08 Å². The number of hydrogen-bond acceptors (Lipinski definition) is 5. The number of hydrogen-bond donors (Lipinski definition) is 0. The first-order chi connectivity index (χ1) is 17.6. The molecule has 0 amide bonds. The van der Waals surface area contributed by atoms with Gasteiger partial charge >= 0.3 is 5.97 Å². The molecule has 6 heteroatoms. The predicted octanol–water partition coefficient (Wildman–Crippen LogP) is 7.01. The molecule has 3 aromatic carbocycles. The monoisotopic (exact) mass is 499 g/mol. The van der Waals surface area contributed by atoms with Crippen molar-refractivity contribution in [2.24, 2.45) is 0 Å². The van der Waals surface area contributed by atoms with Crippen LogP contribution in [-0.2, 0) is 11.2 Å². The molecule has 5 rings (SSSR count). The number of aromatic nitrogens is 1. The molecule has 1 heterocycles. The number of ether oxygens (including phenoxy) is 3. The Labute approximate surface area is 215 Å². The topological polar surface area (TPSA) is 57.7 Å². The van der Waals surface area contributed by atoms with Crippen LogP contribution in [0.25, 0.3) is 22.6 Å². The molecule has 0 fully saturated rings. The first-order valence-electron chi connectivity index (χ1n) is 11.9. The third kappa shape index (κ3) is 5.21. The van der Waals surface area contributed by atoms with E-state index in [0.717, 1.165) is 58.3 Å². The number of para-hydroxylation sites is 1. The van der Waals surface area contributed by atoms with E-state index >= 15 is 0 Å². The molecular formula is C30H26ClNO4. The Hall–Kier alpha value is -3.83. The molecule has 182 valence electrons. The van der Waals surface area contributed by atoms with Crippen LogP contribution in [0.15, 0.2) is 72.8 Å². The van der Waals surface area contributed by atoms with Gasteiger partial charge in [0.25, 0.3) is 0 Å². The minimum atomic E-state index is -0.352. The molecule has 0 saturated carbocycles. The molecule has 1 aliphatic rings. The lowest BCUT2D eigenvalue weighted by Gasteiger charge is -2.22. The summed E-state index contributed by atoms with van der Waals surface area (Å²) in [5, 5.41) is 1.45. The van der Waals surface area contributed by atoms with Gasteiger partial charge in [0, 0.05) is 10.4 Å². The van der Waals surface area contributed by atoms with Crippen molar-refractivity contribution in [3.8, 4) is 11.5 Å². The first kappa shape index (κ1) is 23.9. The Morgan fingerprint density at radius 2 is 1.69 bits per heavy atom. The Kier molecular flexibility index (Phi) is 7.19. The molecule has 0 saturated heterocycles. The molecule has 0 aliphatic heterocycles. The van der Waals surface area contributed by atoms with E-state index in [1.54, 1.807) is 31.4 Å². The summed E-state index contributed by atoms with van der Waals surface area (Å²) in [6.45, 7) is 0.391. The summed E-state index contributed by atoms with van der Waals surface area (Å²) >= 11 is 5.92. The summed E-state index contributed by atoms with van der Waals surface area (Å²) < 4.78 is 16.6. The SMILES string of the molecule is COc1ccc(C=C2CCCc3c2nc2ccccc2c3C(=O)OCCOc2ccc(Cl)cc2)cc1. The summed E-state index contributed by atoms with van der Waals surface area (Å²) in [5.41, 5.74) is 5.39. The third-order valence-electron chi connectivity index (χ3n) is 6.23. The van der Waals surface area contributed by atoms with E-state index in [0.29, 0.717) is 16.3 Å². The van der Waals surface area contributed by atoms with E-state index < -0.39 is 0 Å². The van der Waals surface area contributed by atoms with Gasteiger partial charge in [-0.3, -0.25) is 0 Å². The second kappa shape index (κ2) is 10.8. The molecule has 36 heavy (non-hydrogen) atoms. The number of carbonyl (C=O) groups excluding carboxylic acids is 1. The zero-order valence-corrected chi connectivity index (χ0v) is 20.8. The summed E-state index contributed by atoms with van der Waals surface area (Å²) in [6.07, 6.45) is 4.76. The number of esters is 1. The van der Waals surface area contributed by atoms with Crippen molar-refractivity contribution in [1.29, 1.82) is 0 Å². The van der Waals surface area contributed by atoms with E-state index in [1.165, 1.54) is 0 Å². The fourth-order valence-electron chi connectivity index (χ4n) is 4.51. The highest BCUT2D eigenvalue weighted by atomic mass is 35.5. The van der Waals surface area contributed by atoms with Crippen molar-refractivity contribution in [2.75, 3.05) is 20.3 Å². The molecule has 0 N–H and O–H groups in total. The molecule has 0 atom stereocenters. The first-order valence-corrected chi connectivity index (χ1v) is 12.3. The smallest absolute Gasteiger partial charge is 0.339 e. The van der Waals surface area contributed by atoms with Crippen molar-refractivity contribution >= 4 is 40.1 Å². The van der Waals surface area contributed by atoms with Gasteiger partial charge in [-0.25, -0.2) is 9.78 Å². The molecule has 5 nitrogen and oxygen atoms in total. The van der Waals surface area contributed by atoms with Crippen molar-refractivity contribution < 1.29 is 19.0 Å². The quantitative estimate of drug-likeness (QED) is 0.202. The van der Waals surface area contributed by atoms with Crippen LogP contribution in [-0.4, -0.2) is 31.3 Å². The van der Waals surface area contributed by atoms with Crippen LogP contribution < -0.4 is 9.47 Å². The zero-order valence-electron chi connectivity index (χ0n) is 20.0. The molecule has 0 spiro atoms. The van der Waals surface area contributed by atoms with Gasteiger partial charge in [0.05, 0.1) is 23.9 Å². The highest BCUT2D eigenvalue weighted by molar-refractivity contribution is 6.30. The largest absolute Gasteiger partial charge is 0.497 e. The van der Waals surface area contributed by atoms with Crippen molar-refractivity contribution in [3.63, 3.8) is 0 Å². The Bertz CT molecular complexity index is 1410. The van der Waals surface area contributed by atoms with Crippen molar-refractivity contribution in [3.05, 3.63) is 100 Å². The number of fused-ring (bicyclic) bond motifs is 2. The van der Waals surface area contributed by atoms with E-state index in [1.807, 2.05) is 48.5 Å². The minimum Gasteiger partial charge on any atom is -0.497 e. The van der Waals surface area contributed by atoms with Crippen LogP contribution in [0.1, 0.15) is 40.0 Å². The van der Waals surface area contributed by atoms with Crippen LogP contribution in [0.3, 0.4) is 0 Å². The highest BCUT2D eigenvalue weighted by Crippen LogP contribution is 2.36. The number of methoxy groups -OCH3 is 1. The second-order valence-electron chi connectivity index (χ2n) is 8.57. The summed E-state index contributed by atoms with van der Waals surface area (Å²) in [7, 11) is 1.66. The lowest BCUT2D eigenvalue weighted by atomic mass is 9.86. The van der Waals surface area contributed by atoms with Gasteiger partial charge in [0.15, 0.2) is 0 Å². The van der Waals surface area contributed by atoms with Crippen LogP contribution in [0.2, 0.25) is 5.02 Å². The molecular weight excluding hydrogens is 474 g/mol. The van der Waals surface area contributed by atoms with Crippen LogP contribution in [0.4, 0.5) is 0 Å². The highest BCUT2D eigenvalue weighted by Gasteiger charge is 2.26. The molecule has 1 aliphatic carbocycles. The number of benzene rings is 3. The number of nitrogens with zero attached hydrogens (tertiary/aromatic N) is 1. The van der Waals surface area contributed by atoms with Gasteiger partial charge in [0.1, 0.15) is 24.7 Å². The number of allylic oxidation sites excluding steroid dienone is 1. The van der Waals surface area contributed by atoms with Crippen LogP contribution >= 0.6 is 11.6 Å². The summed E-state index contributed by atoms with van der Waals surface area (Å²) in [4.78, 5) is 18.3. The summed E-state index contributed by atoms with van der Waals surface area (Å²) in [6, 6.07) is 22.8. The van der Waals surface area contributed by atoms with Gasteiger partial charge in [-0.1, -0.05) is 41.9 Å². The van der Waals surface area contributed by atoms with Gasteiger partial charge in [-0.15, -0.1) is 0 Å². The van der Waals surface area contributed by atoms with Gasteiger partial charge in [-0.2, -0.15) is 0 Å². The number of rotatable bonds is 7. The number of carbonyl (C=O) groups is 1. The molecule has 0 radical (unpaired) electrons. The van der Waals surface area contributed by atoms with E-state index in [9.17, 15) is 4.79 Å². The average Bonchev–Trinajstić information content (AvgIpc) is 2.91. The Morgan fingerprint density at radius 1 is 0.944 bits per heavy atom. The lowest BCUT2D eigenvalue weighted by Crippen LogP contribution is -2.17. The zero-order chi connectivity index (χ0) is 24.9. The van der Waals surface area contributed by atoms with Gasteiger partial charge < -0.3 is 14.2 Å².